The number of hydrogen-bond donors (Lipinski definition) is 2. The van der Waals surface area contributed by atoms with Crippen molar-refractivity contribution in [3.05, 3.63) is 0 Å². The topological polar surface area (TPSA) is 49.5 Å². The van der Waals surface area contributed by atoms with E-state index in [0.29, 0.717) is 18.7 Å². The van der Waals surface area contributed by atoms with Crippen LogP contribution in [0.5, 0.6) is 0 Å². The highest BCUT2D eigenvalue weighted by Gasteiger charge is 2.36. The predicted octanol–water partition coefficient (Wildman–Crippen LogP) is 0.961. The molecule has 88 valence electrons. The Kier molecular flexibility index (Phi) is 4.00. The molecule has 0 aromatic carbocycles. The predicted molar refractivity (Wildman–Crippen MR) is 61.6 cm³/mol. The van der Waals surface area contributed by atoms with E-state index in [9.17, 15) is 5.11 Å². The van der Waals surface area contributed by atoms with Crippen molar-refractivity contribution >= 4 is 0 Å². The van der Waals surface area contributed by atoms with Crippen LogP contribution >= 0.6 is 0 Å². The fraction of sp³-hybridized carbons (Fsp3) is 1.00. The van der Waals surface area contributed by atoms with Crippen LogP contribution in [0.2, 0.25) is 0 Å². The van der Waals surface area contributed by atoms with Crippen LogP contribution in [0, 0.1) is 5.92 Å². The summed E-state index contributed by atoms with van der Waals surface area (Å²) in [5, 5.41) is 9.35. The van der Waals surface area contributed by atoms with Crippen molar-refractivity contribution in [3.8, 4) is 0 Å². The second kappa shape index (κ2) is 5.28. The lowest BCUT2D eigenvalue weighted by atomic mass is 9.97. The average molecular weight is 212 g/mol. The van der Waals surface area contributed by atoms with Gasteiger partial charge in [-0.05, 0) is 51.1 Å². The molecule has 0 bridgehead atoms. The molecule has 1 aliphatic carbocycles. The summed E-state index contributed by atoms with van der Waals surface area (Å²) >= 11 is 0. The number of nitrogens with two attached hydrogens (primary N) is 1. The Morgan fingerprint density at radius 2 is 2.07 bits per heavy atom. The summed E-state index contributed by atoms with van der Waals surface area (Å²) < 4.78 is 0. The summed E-state index contributed by atoms with van der Waals surface area (Å²) in [6, 6.07) is 1.15. The zero-order valence-corrected chi connectivity index (χ0v) is 9.57. The lowest BCUT2D eigenvalue weighted by Crippen LogP contribution is -2.43. The summed E-state index contributed by atoms with van der Waals surface area (Å²) in [6.45, 7) is 2.35. The van der Waals surface area contributed by atoms with Crippen molar-refractivity contribution in [1.29, 1.82) is 0 Å². The van der Waals surface area contributed by atoms with Crippen LogP contribution in [0.25, 0.3) is 0 Å². The fourth-order valence-electron chi connectivity index (χ4n) is 3.50. The molecule has 0 aromatic rings. The molecule has 0 radical (unpaired) electrons. The number of hydrogen-bond acceptors (Lipinski definition) is 3. The molecule has 3 nitrogen and oxygen atoms in total. The first-order valence-electron chi connectivity index (χ1n) is 6.43. The molecular formula is C12H24N2O. The molecule has 3 unspecified atom stereocenters. The average Bonchev–Trinajstić information content (AvgIpc) is 2.84. The second-order valence-corrected chi connectivity index (χ2v) is 5.05. The second-order valence-electron chi connectivity index (χ2n) is 5.05. The Hall–Kier alpha value is -0.120. The molecule has 3 heteroatoms. The largest absolute Gasteiger partial charge is 0.395 e. The van der Waals surface area contributed by atoms with E-state index in [1.807, 2.05) is 0 Å². The van der Waals surface area contributed by atoms with Gasteiger partial charge in [-0.1, -0.05) is 6.42 Å². The Morgan fingerprint density at radius 3 is 2.80 bits per heavy atom. The van der Waals surface area contributed by atoms with Crippen LogP contribution in [-0.2, 0) is 0 Å². The number of nitrogens with zero attached hydrogens (tertiary/aromatic N) is 1. The minimum absolute atomic E-state index is 0.339. The van der Waals surface area contributed by atoms with E-state index in [1.54, 1.807) is 0 Å². The number of aliphatic hydroxyl groups excluding tert-OH is 1. The van der Waals surface area contributed by atoms with Gasteiger partial charge < -0.3 is 10.8 Å². The minimum atomic E-state index is 0.339. The smallest absolute Gasteiger partial charge is 0.0586 e. The number of likely N-dealkylation sites (tertiary alicyclic amines) is 1. The molecule has 0 amide bonds. The van der Waals surface area contributed by atoms with Gasteiger partial charge in [0.15, 0.2) is 0 Å². The van der Waals surface area contributed by atoms with Gasteiger partial charge in [-0.2, -0.15) is 0 Å². The molecule has 2 fully saturated rings. The van der Waals surface area contributed by atoms with E-state index in [-0.39, 0.29) is 0 Å². The fourth-order valence-corrected chi connectivity index (χ4v) is 3.50. The van der Waals surface area contributed by atoms with Gasteiger partial charge in [0.2, 0.25) is 0 Å². The molecule has 0 spiro atoms. The molecule has 1 saturated carbocycles. The van der Waals surface area contributed by atoms with Crippen molar-refractivity contribution < 1.29 is 5.11 Å². The van der Waals surface area contributed by atoms with Crippen molar-refractivity contribution in [2.24, 2.45) is 11.7 Å². The zero-order chi connectivity index (χ0) is 10.7. The Balaban J connectivity index is 1.95. The maximum Gasteiger partial charge on any atom is 0.0586 e. The van der Waals surface area contributed by atoms with Crippen molar-refractivity contribution in [2.75, 3.05) is 19.7 Å². The number of rotatable bonds is 4. The van der Waals surface area contributed by atoms with Gasteiger partial charge >= 0.3 is 0 Å². The summed E-state index contributed by atoms with van der Waals surface area (Å²) in [4.78, 5) is 2.56. The van der Waals surface area contributed by atoms with Crippen LogP contribution in [0.15, 0.2) is 0 Å². The third-order valence-corrected chi connectivity index (χ3v) is 4.22. The summed E-state index contributed by atoms with van der Waals surface area (Å²) in [7, 11) is 0. The zero-order valence-electron chi connectivity index (χ0n) is 9.57. The highest BCUT2D eigenvalue weighted by Crippen LogP contribution is 2.35. The normalized spacial score (nSPS) is 37.6. The quantitative estimate of drug-likeness (QED) is 0.730. The van der Waals surface area contributed by atoms with Gasteiger partial charge in [-0.3, -0.25) is 4.90 Å². The van der Waals surface area contributed by atoms with E-state index < -0.39 is 0 Å². The van der Waals surface area contributed by atoms with Gasteiger partial charge in [0, 0.05) is 12.1 Å². The first-order chi connectivity index (χ1) is 7.36. The third kappa shape index (κ3) is 2.35. The van der Waals surface area contributed by atoms with Gasteiger partial charge in [0.05, 0.1) is 6.61 Å². The van der Waals surface area contributed by atoms with Gasteiger partial charge in [-0.25, -0.2) is 0 Å². The van der Waals surface area contributed by atoms with Gasteiger partial charge in [0.25, 0.3) is 0 Å². The van der Waals surface area contributed by atoms with Crippen LogP contribution in [0.1, 0.15) is 38.5 Å². The van der Waals surface area contributed by atoms with E-state index in [2.05, 4.69) is 4.90 Å². The molecule has 1 heterocycles. The molecule has 3 N–H and O–H groups in total. The molecule has 2 rings (SSSR count). The highest BCUT2D eigenvalue weighted by atomic mass is 16.3. The van der Waals surface area contributed by atoms with Crippen molar-refractivity contribution in [3.63, 3.8) is 0 Å². The maximum absolute atomic E-state index is 9.35. The van der Waals surface area contributed by atoms with E-state index in [4.69, 9.17) is 5.73 Å². The maximum atomic E-state index is 9.35. The Bertz CT molecular complexity index is 198. The van der Waals surface area contributed by atoms with Gasteiger partial charge in [-0.15, -0.1) is 0 Å². The highest BCUT2D eigenvalue weighted by molar-refractivity contribution is 4.91. The van der Waals surface area contributed by atoms with Crippen molar-refractivity contribution in [2.45, 2.75) is 50.6 Å². The monoisotopic (exact) mass is 212 g/mol. The molecule has 2 aliphatic rings. The molecule has 15 heavy (non-hydrogen) atoms. The van der Waals surface area contributed by atoms with Crippen LogP contribution in [0.4, 0.5) is 0 Å². The molecule has 1 aliphatic heterocycles. The first-order valence-corrected chi connectivity index (χ1v) is 6.43. The van der Waals surface area contributed by atoms with Crippen LogP contribution in [0.3, 0.4) is 0 Å². The number of aliphatic hydroxyl groups is 1. The first kappa shape index (κ1) is 11.4. The molecular weight excluding hydrogens is 188 g/mol. The lowest BCUT2D eigenvalue weighted by molar-refractivity contribution is 0.0972. The Labute approximate surface area is 92.6 Å². The lowest BCUT2D eigenvalue weighted by Gasteiger charge is -2.33. The van der Waals surface area contributed by atoms with E-state index in [0.717, 1.165) is 12.5 Å². The standard InChI is InChI=1S/C12H24N2O/c13-7-6-10-3-1-5-12(10)14-8-2-4-11(14)9-15/h10-12,15H,1-9,13H2. The SMILES string of the molecule is NCCC1CCCC1N1CCCC1CO. The molecule has 1 saturated heterocycles. The minimum Gasteiger partial charge on any atom is -0.395 e. The molecule has 3 atom stereocenters. The van der Waals surface area contributed by atoms with Crippen LogP contribution < -0.4 is 5.73 Å². The van der Waals surface area contributed by atoms with Crippen LogP contribution in [-0.4, -0.2) is 41.8 Å². The van der Waals surface area contributed by atoms with E-state index in [1.165, 1.54) is 45.1 Å². The summed E-state index contributed by atoms with van der Waals surface area (Å²) in [5.74, 6) is 0.794. The summed E-state index contributed by atoms with van der Waals surface area (Å²) in [5.41, 5.74) is 5.67. The van der Waals surface area contributed by atoms with Gasteiger partial charge in [0.1, 0.15) is 0 Å². The Morgan fingerprint density at radius 1 is 1.20 bits per heavy atom. The van der Waals surface area contributed by atoms with E-state index >= 15 is 0 Å². The van der Waals surface area contributed by atoms with Crippen molar-refractivity contribution in [1.82, 2.24) is 4.90 Å². The summed E-state index contributed by atoms with van der Waals surface area (Å²) in [6.07, 6.45) is 7.63. The molecule has 0 aromatic heterocycles. The third-order valence-electron chi connectivity index (χ3n) is 4.22.